The number of hydrogen-bond donors (Lipinski definition) is 1. The smallest absolute Gasteiger partial charge is 0.242 e. The van der Waals surface area contributed by atoms with E-state index in [0.717, 1.165) is 27.9 Å². The molecule has 31 heavy (non-hydrogen) atoms. The monoisotopic (exact) mass is 429 g/mol. The lowest BCUT2D eigenvalue weighted by Crippen LogP contribution is -2.20. The van der Waals surface area contributed by atoms with Crippen molar-refractivity contribution in [1.29, 1.82) is 0 Å². The second-order valence-electron chi connectivity index (χ2n) is 7.32. The van der Waals surface area contributed by atoms with E-state index in [9.17, 15) is 4.79 Å². The molecule has 0 aliphatic heterocycles. The molecule has 0 spiro atoms. The Hall–Kier alpha value is -3.45. The molecule has 4 aromatic rings. The molecular weight excluding hydrogens is 406 g/mol. The standard InChI is InChI=1S/C24H23N5OS/c1-17-13-14-18(2)21(15-17)25-23(30)22(20-11-7-4-8-12-20)31-24-26-27-28-29(24)16-19-9-5-3-6-10-19/h3-15,22H,16H2,1-2H3,(H,25,30). The molecule has 1 amide bonds. The van der Waals surface area contributed by atoms with Crippen molar-refractivity contribution < 1.29 is 4.79 Å². The fourth-order valence-corrected chi connectivity index (χ4v) is 4.19. The molecule has 1 atom stereocenters. The topological polar surface area (TPSA) is 72.7 Å². The maximum atomic E-state index is 13.4. The lowest BCUT2D eigenvalue weighted by Gasteiger charge is -2.18. The van der Waals surface area contributed by atoms with Crippen LogP contribution in [0.25, 0.3) is 0 Å². The minimum absolute atomic E-state index is 0.112. The first-order valence-electron chi connectivity index (χ1n) is 10.00. The van der Waals surface area contributed by atoms with Crippen molar-refractivity contribution in [2.24, 2.45) is 0 Å². The lowest BCUT2D eigenvalue weighted by atomic mass is 10.1. The van der Waals surface area contributed by atoms with E-state index in [1.807, 2.05) is 92.7 Å². The van der Waals surface area contributed by atoms with Gasteiger partial charge < -0.3 is 5.32 Å². The van der Waals surface area contributed by atoms with Gasteiger partial charge in [0.15, 0.2) is 0 Å². The summed E-state index contributed by atoms with van der Waals surface area (Å²) in [4.78, 5) is 13.4. The predicted molar refractivity (Wildman–Crippen MR) is 123 cm³/mol. The zero-order valence-corrected chi connectivity index (χ0v) is 18.2. The van der Waals surface area contributed by atoms with Crippen LogP contribution >= 0.6 is 11.8 Å². The Kier molecular flexibility index (Phi) is 6.43. The lowest BCUT2D eigenvalue weighted by molar-refractivity contribution is -0.115. The van der Waals surface area contributed by atoms with Crippen molar-refractivity contribution >= 4 is 23.4 Å². The first kappa shape index (κ1) is 20.8. The number of anilines is 1. The van der Waals surface area contributed by atoms with Gasteiger partial charge in [-0.1, -0.05) is 84.6 Å². The number of nitrogens with zero attached hydrogens (tertiary/aromatic N) is 4. The fraction of sp³-hybridized carbons (Fsp3) is 0.167. The maximum absolute atomic E-state index is 13.4. The van der Waals surface area contributed by atoms with Crippen molar-refractivity contribution in [2.45, 2.75) is 30.8 Å². The van der Waals surface area contributed by atoms with E-state index in [4.69, 9.17) is 0 Å². The number of tetrazole rings is 1. The van der Waals surface area contributed by atoms with Gasteiger partial charge in [0.25, 0.3) is 0 Å². The number of carbonyl (C=O) groups is 1. The summed E-state index contributed by atoms with van der Waals surface area (Å²) in [5, 5.41) is 15.3. The Labute approximate surface area is 185 Å². The number of hydrogen-bond acceptors (Lipinski definition) is 5. The van der Waals surface area contributed by atoms with Gasteiger partial charge in [-0.2, -0.15) is 0 Å². The second-order valence-corrected chi connectivity index (χ2v) is 8.39. The molecular formula is C24H23N5OS. The summed E-state index contributed by atoms with van der Waals surface area (Å²) < 4.78 is 1.72. The summed E-state index contributed by atoms with van der Waals surface area (Å²) in [5.41, 5.74) is 4.91. The highest BCUT2D eigenvalue weighted by atomic mass is 32.2. The zero-order chi connectivity index (χ0) is 21.6. The van der Waals surface area contributed by atoms with Gasteiger partial charge in [-0.05, 0) is 52.6 Å². The van der Waals surface area contributed by atoms with Gasteiger partial charge in [0.1, 0.15) is 5.25 Å². The molecule has 1 heterocycles. The fourth-order valence-electron chi connectivity index (χ4n) is 3.21. The van der Waals surface area contributed by atoms with Crippen LogP contribution in [0.1, 0.15) is 27.5 Å². The van der Waals surface area contributed by atoms with Gasteiger partial charge in [-0.15, -0.1) is 5.10 Å². The van der Waals surface area contributed by atoms with Crippen molar-refractivity contribution in [3.63, 3.8) is 0 Å². The highest BCUT2D eigenvalue weighted by Crippen LogP contribution is 2.35. The SMILES string of the molecule is Cc1ccc(C)c(NC(=O)C(Sc2nnnn2Cc2ccccc2)c2ccccc2)c1. The van der Waals surface area contributed by atoms with E-state index in [1.165, 1.54) is 11.8 Å². The van der Waals surface area contributed by atoms with Crippen LogP contribution in [-0.2, 0) is 11.3 Å². The van der Waals surface area contributed by atoms with E-state index in [0.29, 0.717) is 11.7 Å². The molecule has 6 nitrogen and oxygen atoms in total. The Morgan fingerprint density at radius 1 is 1.00 bits per heavy atom. The first-order chi connectivity index (χ1) is 15.1. The maximum Gasteiger partial charge on any atom is 0.242 e. The van der Waals surface area contributed by atoms with Crippen LogP contribution in [-0.4, -0.2) is 26.1 Å². The van der Waals surface area contributed by atoms with Gasteiger partial charge in [0.05, 0.1) is 6.54 Å². The summed E-state index contributed by atoms with van der Waals surface area (Å²) in [6.07, 6.45) is 0. The number of benzene rings is 3. The average molecular weight is 430 g/mol. The molecule has 0 saturated heterocycles. The average Bonchev–Trinajstić information content (AvgIpc) is 3.22. The van der Waals surface area contributed by atoms with E-state index in [-0.39, 0.29) is 5.91 Å². The minimum Gasteiger partial charge on any atom is -0.325 e. The van der Waals surface area contributed by atoms with Crippen LogP contribution in [0.15, 0.2) is 84.0 Å². The van der Waals surface area contributed by atoms with E-state index >= 15 is 0 Å². The third-order valence-electron chi connectivity index (χ3n) is 4.89. The molecule has 0 fully saturated rings. The molecule has 0 aliphatic carbocycles. The second kappa shape index (κ2) is 9.57. The minimum atomic E-state index is -0.498. The van der Waals surface area contributed by atoms with Gasteiger partial charge >= 0.3 is 0 Å². The zero-order valence-electron chi connectivity index (χ0n) is 17.4. The van der Waals surface area contributed by atoms with Crippen molar-refractivity contribution in [3.05, 3.63) is 101 Å². The summed E-state index contributed by atoms with van der Waals surface area (Å²) in [6.45, 7) is 4.53. The van der Waals surface area contributed by atoms with Gasteiger partial charge in [-0.25, -0.2) is 4.68 Å². The molecule has 7 heteroatoms. The third kappa shape index (κ3) is 5.19. The predicted octanol–water partition coefficient (Wildman–Crippen LogP) is 4.81. The number of nitrogens with one attached hydrogen (secondary N) is 1. The Balaban J connectivity index is 1.60. The van der Waals surface area contributed by atoms with E-state index < -0.39 is 5.25 Å². The van der Waals surface area contributed by atoms with Crippen LogP contribution in [0.2, 0.25) is 0 Å². The Morgan fingerprint density at radius 3 is 2.45 bits per heavy atom. The molecule has 156 valence electrons. The molecule has 0 saturated carbocycles. The Morgan fingerprint density at radius 2 is 1.71 bits per heavy atom. The molecule has 0 aliphatic rings. The van der Waals surface area contributed by atoms with Crippen LogP contribution < -0.4 is 5.32 Å². The molecule has 1 unspecified atom stereocenters. The molecule has 0 bridgehead atoms. The molecule has 0 radical (unpaired) electrons. The Bertz CT molecular complexity index is 1160. The van der Waals surface area contributed by atoms with Crippen LogP contribution in [0.4, 0.5) is 5.69 Å². The van der Waals surface area contributed by atoms with Gasteiger partial charge in [0.2, 0.25) is 11.1 Å². The normalized spacial score (nSPS) is 11.8. The number of carbonyl (C=O) groups excluding carboxylic acids is 1. The molecule has 3 aromatic carbocycles. The van der Waals surface area contributed by atoms with Crippen molar-refractivity contribution in [1.82, 2.24) is 20.2 Å². The largest absolute Gasteiger partial charge is 0.325 e. The summed E-state index contributed by atoms with van der Waals surface area (Å²) in [7, 11) is 0. The van der Waals surface area contributed by atoms with E-state index in [2.05, 4.69) is 20.8 Å². The third-order valence-corrected chi connectivity index (χ3v) is 6.11. The highest BCUT2D eigenvalue weighted by Gasteiger charge is 2.25. The number of aromatic nitrogens is 4. The summed E-state index contributed by atoms with van der Waals surface area (Å²) in [5.74, 6) is -0.112. The van der Waals surface area contributed by atoms with Crippen LogP contribution in [0, 0.1) is 13.8 Å². The van der Waals surface area contributed by atoms with Gasteiger partial charge in [0, 0.05) is 5.69 Å². The number of amides is 1. The summed E-state index contributed by atoms with van der Waals surface area (Å²) >= 11 is 1.35. The van der Waals surface area contributed by atoms with Crippen molar-refractivity contribution in [3.8, 4) is 0 Å². The number of thioether (sulfide) groups is 1. The van der Waals surface area contributed by atoms with Crippen LogP contribution in [0.5, 0.6) is 0 Å². The van der Waals surface area contributed by atoms with Gasteiger partial charge in [-0.3, -0.25) is 4.79 Å². The number of aryl methyl sites for hydroxylation is 2. The molecule has 1 aromatic heterocycles. The quantitative estimate of drug-likeness (QED) is 0.427. The molecule has 1 N–H and O–H groups in total. The highest BCUT2D eigenvalue weighted by molar-refractivity contribution is 8.00. The summed E-state index contributed by atoms with van der Waals surface area (Å²) in [6, 6.07) is 25.7. The number of rotatable bonds is 7. The first-order valence-corrected chi connectivity index (χ1v) is 10.9. The van der Waals surface area contributed by atoms with Crippen molar-refractivity contribution in [2.75, 3.05) is 5.32 Å². The molecule has 4 rings (SSSR count). The van der Waals surface area contributed by atoms with Crippen LogP contribution in [0.3, 0.4) is 0 Å². The van der Waals surface area contributed by atoms with E-state index in [1.54, 1.807) is 4.68 Å².